The Hall–Kier alpha value is -0.860. The minimum atomic E-state index is -0.0531. The zero-order valence-corrected chi connectivity index (χ0v) is 9.65. The van der Waals surface area contributed by atoms with E-state index in [1.807, 2.05) is 0 Å². The van der Waals surface area contributed by atoms with E-state index in [1.165, 1.54) is 0 Å². The van der Waals surface area contributed by atoms with Crippen LogP contribution in [-0.2, 0) is 14.3 Å². The van der Waals surface area contributed by atoms with Crippen LogP contribution in [0.25, 0.3) is 0 Å². The molecule has 2 saturated carbocycles. The van der Waals surface area contributed by atoms with Crippen molar-refractivity contribution >= 4 is 11.8 Å². The smallest absolute Gasteiger partial charge is 0.306 e. The van der Waals surface area contributed by atoms with Crippen LogP contribution in [0.15, 0.2) is 0 Å². The molecule has 0 amide bonds. The van der Waals surface area contributed by atoms with E-state index in [-0.39, 0.29) is 12.1 Å². The van der Waals surface area contributed by atoms with Gasteiger partial charge in [0.1, 0.15) is 11.9 Å². The summed E-state index contributed by atoms with van der Waals surface area (Å²) in [6, 6.07) is 0. The molecule has 2 aliphatic carbocycles. The molecule has 0 spiro atoms. The highest BCUT2D eigenvalue weighted by atomic mass is 16.6. The monoisotopic (exact) mass is 222 g/mol. The van der Waals surface area contributed by atoms with Gasteiger partial charge in [-0.2, -0.15) is 0 Å². The Bertz CT molecular complexity index is 336. The number of esters is 1. The van der Waals surface area contributed by atoms with Crippen molar-refractivity contribution in [3.63, 3.8) is 0 Å². The fourth-order valence-electron chi connectivity index (χ4n) is 3.92. The number of ketones is 1. The first-order valence-corrected chi connectivity index (χ1v) is 6.36. The van der Waals surface area contributed by atoms with Crippen molar-refractivity contribution in [2.75, 3.05) is 0 Å². The molecule has 0 radical (unpaired) electrons. The van der Waals surface area contributed by atoms with Gasteiger partial charge in [0.15, 0.2) is 0 Å². The molecule has 1 heterocycles. The summed E-state index contributed by atoms with van der Waals surface area (Å²) >= 11 is 0. The molecule has 3 heteroatoms. The number of fused-ring (bicyclic) bond motifs is 3. The average Bonchev–Trinajstić information content (AvgIpc) is 2.75. The van der Waals surface area contributed by atoms with Gasteiger partial charge in [-0.05, 0) is 18.3 Å². The topological polar surface area (TPSA) is 43.4 Å². The fraction of sp³-hybridized carbons (Fsp3) is 0.846. The SMILES string of the molecule is C[C@H]1CC[C@H]2CC(=O)O[C@@H]2C2CC(=O)C[C@H]21. The molecule has 88 valence electrons. The van der Waals surface area contributed by atoms with Crippen molar-refractivity contribution in [2.24, 2.45) is 23.7 Å². The largest absolute Gasteiger partial charge is 0.462 e. The molecule has 3 aliphatic rings. The van der Waals surface area contributed by atoms with Crippen molar-refractivity contribution in [3.8, 4) is 0 Å². The molecule has 3 nitrogen and oxygen atoms in total. The molecule has 1 saturated heterocycles. The number of Topliss-reactive ketones (excluding diaryl/α,β-unsaturated/α-hetero) is 1. The lowest BCUT2D eigenvalue weighted by atomic mass is 9.82. The Morgan fingerprint density at radius 1 is 1.06 bits per heavy atom. The molecule has 3 fully saturated rings. The van der Waals surface area contributed by atoms with Gasteiger partial charge >= 0.3 is 5.97 Å². The van der Waals surface area contributed by atoms with Crippen LogP contribution < -0.4 is 0 Å². The number of hydrogen-bond acceptors (Lipinski definition) is 3. The summed E-state index contributed by atoms with van der Waals surface area (Å²) in [6.07, 6.45) is 4.23. The van der Waals surface area contributed by atoms with E-state index < -0.39 is 0 Å². The third kappa shape index (κ3) is 1.48. The Morgan fingerprint density at radius 2 is 1.81 bits per heavy atom. The van der Waals surface area contributed by atoms with E-state index in [9.17, 15) is 9.59 Å². The van der Waals surface area contributed by atoms with Crippen LogP contribution in [0.5, 0.6) is 0 Å². The van der Waals surface area contributed by atoms with Crippen LogP contribution in [0, 0.1) is 23.7 Å². The van der Waals surface area contributed by atoms with Crippen LogP contribution in [0.3, 0.4) is 0 Å². The van der Waals surface area contributed by atoms with E-state index in [4.69, 9.17) is 4.74 Å². The highest BCUT2D eigenvalue weighted by Gasteiger charge is 2.50. The maximum Gasteiger partial charge on any atom is 0.306 e. The second kappa shape index (κ2) is 3.57. The summed E-state index contributed by atoms with van der Waals surface area (Å²) < 4.78 is 5.46. The van der Waals surface area contributed by atoms with Gasteiger partial charge in [0, 0.05) is 24.7 Å². The third-order valence-electron chi connectivity index (χ3n) is 4.78. The minimum absolute atomic E-state index is 0.0499. The number of rotatable bonds is 0. The third-order valence-corrected chi connectivity index (χ3v) is 4.78. The average molecular weight is 222 g/mol. The van der Waals surface area contributed by atoms with Crippen molar-refractivity contribution in [2.45, 2.75) is 45.1 Å². The van der Waals surface area contributed by atoms with Gasteiger partial charge in [-0.3, -0.25) is 9.59 Å². The van der Waals surface area contributed by atoms with Gasteiger partial charge in [0.25, 0.3) is 0 Å². The number of carbonyl (C=O) groups excluding carboxylic acids is 2. The molecule has 3 rings (SSSR count). The van der Waals surface area contributed by atoms with Crippen molar-refractivity contribution in [3.05, 3.63) is 0 Å². The highest BCUT2D eigenvalue weighted by Crippen LogP contribution is 2.48. The summed E-state index contributed by atoms with van der Waals surface area (Å²) in [5.41, 5.74) is 0. The van der Waals surface area contributed by atoms with E-state index in [1.54, 1.807) is 0 Å². The summed E-state index contributed by atoms with van der Waals surface area (Å²) in [7, 11) is 0. The van der Waals surface area contributed by atoms with Crippen molar-refractivity contribution < 1.29 is 14.3 Å². The molecule has 0 aromatic heterocycles. The standard InChI is InChI=1S/C13H18O3/c1-7-2-3-8-4-12(15)16-13(8)11-6-9(14)5-10(7)11/h7-8,10-11,13H,2-6H2,1H3/t7-,8-,10-,11?,13-/m0/s1. The zero-order chi connectivity index (χ0) is 11.3. The van der Waals surface area contributed by atoms with Crippen molar-refractivity contribution in [1.29, 1.82) is 0 Å². The molecule has 1 aliphatic heterocycles. The molecular formula is C13H18O3. The lowest BCUT2D eigenvalue weighted by Gasteiger charge is -2.26. The van der Waals surface area contributed by atoms with Crippen LogP contribution in [0.1, 0.15) is 39.0 Å². The van der Waals surface area contributed by atoms with E-state index in [0.29, 0.717) is 48.7 Å². The molecule has 1 unspecified atom stereocenters. The quantitative estimate of drug-likeness (QED) is 0.588. The van der Waals surface area contributed by atoms with E-state index >= 15 is 0 Å². The Kier molecular flexibility index (Phi) is 2.30. The molecule has 5 atom stereocenters. The summed E-state index contributed by atoms with van der Waals surface area (Å²) in [6.45, 7) is 2.25. The van der Waals surface area contributed by atoms with Crippen LogP contribution in [0.4, 0.5) is 0 Å². The lowest BCUT2D eigenvalue weighted by Crippen LogP contribution is -2.28. The van der Waals surface area contributed by atoms with Gasteiger partial charge in [-0.25, -0.2) is 0 Å². The first kappa shape index (κ1) is 10.3. The van der Waals surface area contributed by atoms with Gasteiger partial charge in [0.2, 0.25) is 0 Å². The summed E-state index contributed by atoms with van der Waals surface area (Å²) in [5, 5.41) is 0. The highest BCUT2D eigenvalue weighted by molar-refractivity contribution is 5.81. The van der Waals surface area contributed by atoms with Gasteiger partial charge in [0.05, 0.1) is 6.42 Å². The molecule has 16 heavy (non-hydrogen) atoms. The maximum absolute atomic E-state index is 11.6. The van der Waals surface area contributed by atoms with Crippen molar-refractivity contribution in [1.82, 2.24) is 0 Å². The van der Waals surface area contributed by atoms with Gasteiger partial charge in [-0.1, -0.05) is 13.3 Å². The number of carbonyl (C=O) groups is 2. The number of hydrogen-bond donors (Lipinski definition) is 0. The lowest BCUT2D eigenvalue weighted by molar-refractivity contribution is -0.144. The van der Waals surface area contributed by atoms with Crippen LogP contribution in [0.2, 0.25) is 0 Å². The van der Waals surface area contributed by atoms with E-state index in [2.05, 4.69) is 6.92 Å². The second-order valence-electron chi connectivity index (χ2n) is 5.75. The Balaban J connectivity index is 1.89. The van der Waals surface area contributed by atoms with Crippen LogP contribution >= 0.6 is 0 Å². The normalized spacial score (nSPS) is 47.2. The first-order chi connectivity index (χ1) is 7.65. The van der Waals surface area contributed by atoms with E-state index in [0.717, 1.165) is 12.8 Å². The van der Waals surface area contributed by atoms with Crippen LogP contribution in [-0.4, -0.2) is 17.9 Å². The first-order valence-electron chi connectivity index (χ1n) is 6.36. The number of ether oxygens (including phenoxy) is 1. The predicted octanol–water partition coefficient (Wildman–Crippen LogP) is 1.94. The Morgan fingerprint density at radius 3 is 2.62 bits per heavy atom. The molecular weight excluding hydrogens is 204 g/mol. The minimum Gasteiger partial charge on any atom is -0.462 e. The molecule has 0 bridgehead atoms. The molecule has 0 N–H and O–H groups in total. The maximum atomic E-state index is 11.6. The summed E-state index contributed by atoms with van der Waals surface area (Å²) in [4.78, 5) is 23.0. The van der Waals surface area contributed by atoms with Gasteiger partial charge < -0.3 is 4.74 Å². The Labute approximate surface area is 95.5 Å². The summed E-state index contributed by atoms with van der Waals surface area (Å²) in [5.74, 6) is 2.10. The molecule has 0 aromatic rings. The fourth-order valence-corrected chi connectivity index (χ4v) is 3.92. The predicted molar refractivity (Wildman–Crippen MR) is 57.6 cm³/mol. The zero-order valence-electron chi connectivity index (χ0n) is 9.65. The molecule has 0 aromatic carbocycles. The van der Waals surface area contributed by atoms with Gasteiger partial charge in [-0.15, -0.1) is 0 Å². The second-order valence-corrected chi connectivity index (χ2v) is 5.75.